The number of nitrogens with one attached hydrogen (secondary N) is 2. The van der Waals surface area contributed by atoms with Crippen LogP contribution in [0, 0.1) is 5.82 Å². The summed E-state index contributed by atoms with van der Waals surface area (Å²) in [4.78, 5) is 0. The summed E-state index contributed by atoms with van der Waals surface area (Å²) in [6.07, 6.45) is 1.00. The van der Waals surface area contributed by atoms with Crippen LogP contribution in [0.2, 0.25) is 5.02 Å². The molecule has 2 N–H and O–H groups in total. The Morgan fingerprint density at radius 2 is 2.00 bits per heavy atom. The van der Waals surface area contributed by atoms with Gasteiger partial charge in [0.25, 0.3) is 0 Å². The van der Waals surface area contributed by atoms with Crippen molar-refractivity contribution in [3.8, 4) is 0 Å². The van der Waals surface area contributed by atoms with Gasteiger partial charge in [-0.05, 0) is 30.7 Å². The highest BCUT2D eigenvalue weighted by Crippen LogP contribution is 2.17. The van der Waals surface area contributed by atoms with Gasteiger partial charge in [0.2, 0.25) is 10.0 Å². The first kappa shape index (κ1) is 16.4. The second-order valence-electron chi connectivity index (χ2n) is 4.15. The average molecular weight is 309 g/mol. The molecule has 1 aromatic rings. The van der Waals surface area contributed by atoms with E-state index in [1.165, 1.54) is 12.1 Å². The molecule has 0 atom stereocenters. The minimum Gasteiger partial charge on any atom is -0.315 e. The Morgan fingerprint density at radius 3 is 2.63 bits per heavy atom. The highest BCUT2D eigenvalue weighted by molar-refractivity contribution is 7.88. The van der Waals surface area contributed by atoms with E-state index in [1.54, 1.807) is 0 Å². The van der Waals surface area contributed by atoms with Crippen LogP contribution in [0.3, 0.4) is 0 Å². The second kappa shape index (κ2) is 7.79. The minimum atomic E-state index is -3.42. The molecule has 0 fully saturated rings. The zero-order valence-corrected chi connectivity index (χ0v) is 12.3. The summed E-state index contributed by atoms with van der Waals surface area (Å²) in [5.41, 5.74) is 0.459. The van der Waals surface area contributed by atoms with Crippen molar-refractivity contribution in [2.45, 2.75) is 19.1 Å². The molecule has 19 heavy (non-hydrogen) atoms. The number of benzene rings is 1. The van der Waals surface area contributed by atoms with Crippen molar-refractivity contribution in [1.29, 1.82) is 0 Å². The third-order valence-electron chi connectivity index (χ3n) is 2.39. The van der Waals surface area contributed by atoms with Crippen LogP contribution in [0.1, 0.15) is 18.9 Å². The van der Waals surface area contributed by atoms with Gasteiger partial charge in [0.15, 0.2) is 0 Å². The average Bonchev–Trinajstić information content (AvgIpc) is 2.33. The summed E-state index contributed by atoms with van der Waals surface area (Å²) >= 11 is 5.60. The minimum absolute atomic E-state index is 0.0719. The van der Waals surface area contributed by atoms with E-state index in [-0.39, 0.29) is 10.8 Å². The quantitative estimate of drug-likeness (QED) is 0.721. The van der Waals surface area contributed by atoms with Crippen molar-refractivity contribution < 1.29 is 12.8 Å². The molecular weight excluding hydrogens is 291 g/mol. The van der Waals surface area contributed by atoms with E-state index in [1.807, 2.05) is 6.92 Å². The highest BCUT2D eigenvalue weighted by atomic mass is 35.5. The number of rotatable bonds is 8. The first-order valence-corrected chi connectivity index (χ1v) is 8.09. The number of hydrogen-bond donors (Lipinski definition) is 2. The lowest BCUT2D eigenvalue weighted by atomic mass is 10.2. The number of halogens is 2. The first-order valence-electron chi connectivity index (χ1n) is 6.06. The fraction of sp³-hybridized carbons (Fsp3) is 0.500. The van der Waals surface area contributed by atoms with Crippen LogP contribution >= 0.6 is 11.6 Å². The molecule has 0 aromatic heterocycles. The van der Waals surface area contributed by atoms with Crippen LogP contribution in [0.25, 0.3) is 0 Å². The Hall–Kier alpha value is -0.690. The summed E-state index contributed by atoms with van der Waals surface area (Å²) < 4.78 is 38.9. The lowest BCUT2D eigenvalue weighted by molar-refractivity contribution is 0.574. The summed E-state index contributed by atoms with van der Waals surface area (Å²) in [6.45, 7) is 3.80. The Balaban J connectivity index is 2.47. The van der Waals surface area contributed by atoms with Gasteiger partial charge in [0.05, 0.1) is 10.8 Å². The highest BCUT2D eigenvalue weighted by Gasteiger charge is 2.12. The van der Waals surface area contributed by atoms with E-state index in [0.717, 1.165) is 19.0 Å². The lowest BCUT2D eigenvalue weighted by Crippen LogP contribution is -2.32. The van der Waals surface area contributed by atoms with Crippen LogP contribution in [-0.2, 0) is 15.8 Å². The van der Waals surface area contributed by atoms with Gasteiger partial charge < -0.3 is 5.32 Å². The lowest BCUT2D eigenvalue weighted by Gasteiger charge is -2.08. The maximum Gasteiger partial charge on any atom is 0.215 e. The molecule has 0 saturated heterocycles. The Morgan fingerprint density at radius 1 is 1.26 bits per heavy atom. The summed E-state index contributed by atoms with van der Waals surface area (Å²) in [5, 5.41) is 3.02. The van der Waals surface area contributed by atoms with Gasteiger partial charge in [-0.3, -0.25) is 0 Å². The van der Waals surface area contributed by atoms with E-state index < -0.39 is 15.8 Å². The topological polar surface area (TPSA) is 58.2 Å². The van der Waals surface area contributed by atoms with E-state index >= 15 is 0 Å². The van der Waals surface area contributed by atoms with Crippen LogP contribution in [0.5, 0.6) is 0 Å². The molecule has 108 valence electrons. The van der Waals surface area contributed by atoms with Crippen molar-refractivity contribution in [2.24, 2.45) is 0 Å². The van der Waals surface area contributed by atoms with Gasteiger partial charge in [0.1, 0.15) is 5.82 Å². The Kier molecular flexibility index (Phi) is 6.71. The molecule has 7 heteroatoms. The maximum absolute atomic E-state index is 12.9. The number of hydrogen-bond acceptors (Lipinski definition) is 3. The third kappa shape index (κ3) is 6.33. The molecule has 0 aliphatic carbocycles. The SMILES string of the molecule is CCCNCCNS(=O)(=O)Cc1ccc(F)c(Cl)c1. The van der Waals surface area contributed by atoms with Crippen LogP contribution in [0.15, 0.2) is 18.2 Å². The predicted molar refractivity (Wildman–Crippen MR) is 75.2 cm³/mol. The molecule has 1 aromatic carbocycles. The van der Waals surface area contributed by atoms with Crippen molar-refractivity contribution in [3.63, 3.8) is 0 Å². The molecule has 0 aliphatic heterocycles. The Bertz CT molecular complexity index is 508. The molecule has 0 unspecified atom stereocenters. The zero-order valence-electron chi connectivity index (χ0n) is 10.7. The van der Waals surface area contributed by atoms with Crippen LogP contribution in [0.4, 0.5) is 4.39 Å². The Labute approximate surface area is 118 Å². The van der Waals surface area contributed by atoms with Crippen LogP contribution in [-0.4, -0.2) is 28.1 Å². The zero-order chi connectivity index (χ0) is 14.3. The van der Waals surface area contributed by atoms with Crippen molar-refractivity contribution in [2.75, 3.05) is 19.6 Å². The predicted octanol–water partition coefficient (Wildman–Crippen LogP) is 1.90. The third-order valence-corrected chi connectivity index (χ3v) is 4.04. The molecular formula is C12H18ClFN2O2S. The van der Waals surface area contributed by atoms with Gasteiger partial charge in [-0.15, -0.1) is 0 Å². The molecule has 0 bridgehead atoms. The molecule has 0 aliphatic rings. The maximum atomic E-state index is 12.9. The largest absolute Gasteiger partial charge is 0.315 e. The van der Waals surface area contributed by atoms with Gasteiger partial charge in [0, 0.05) is 13.1 Å². The smallest absolute Gasteiger partial charge is 0.215 e. The van der Waals surface area contributed by atoms with Gasteiger partial charge >= 0.3 is 0 Å². The first-order chi connectivity index (χ1) is 8.94. The molecule has 0 saturated carbocycles. The van der Waals surface area contributed by atoms with E-state index in [4.69, 9.17) is 11.6 Å². The standard InChI is InChI=1S/C12H18ClFN2O2S/c1-2-5-15-6-7-16-19(17,18)9-10-3-4-12(14)11(13)8-10/h3-4,8,15-16H,2,5-7,9H2,1H3. The molecule has 1 rings (SSSR count). The summed E-state index contributed by atoms with van der Waals surface area (Å²) in [5.74, 6) is -0.764. The summed E-state index contributed by atoms with van der Waals surface area (Å²) in [7, 11) is -3.42. The molecule has 0 heterocycles. The molecule has 4 nitrogen and oxygen atoms in total. The molecule has 0 spiro atoms. The molecule has 0 amide bonds. The fourth-order valence-corrected chi connectivity index (χ4v) is 2.83. The van der Waals surface area contributed by atoms with E-state index in [9.17, 15) is 12.8 Å². The normalized spacial score (nSPS) is 11.7. The fourth-order valence-electron chi connectivity index (χ4n) is 1.50. The van der Waals surface area contributed by atoms with Crippen LogP contribution < -0.4 is 10.0 Å². The second-order valence-corrected chi connectivity index (χ2v) is 6.37. The van der Waals surface area contributed by atoms with E-state index in [0.29, 0.717) is 18.7 Å². The van der Waals surface area contributed by atoms with Gasteiger partial charge in [-0.2, -0.15) is 0 Å². The number of sulfonamides is 1. The van der Waals surface area contributed by atoms with Crippen molar-refractivity contribution in [1.82, 2.24) is 10.0 Å². The van der Waals surface area contributed by atoms with Gasteiger partial charge in [-0.1, -0.05) is 24.6 Å². The van der Waals surface area contributed by atoms with Crippen molar-refractivity contribution >= 4 is 21.6 Å². The summed E-state index contributed by atoms with van der Waals surface area (Å²) in [6, 6.07) is 3.90. The van der Waals surface area contributed by atoms with Gasteiger partial charge in [-0.25, -0.2) is 17.5 Å². The monoisotopic (exact) mass is 308 g/mol. The van der Waals surface area contributed by atoms with Crippen molar-refractivity contribution in [3.05, 3.63) is 34.6 Å². The van der Waals surface area contributed by atoms with E-state index in [2.05, 4.69) is 10.0 Å². The molecule has 0 radical (unpaired) electrons.